The average Bonchev–Trinajstić information content (AvgIpc) is 3.53. The van der Waals surface area contributed by atoms with Crippen LogP contribution in [0.1, 0.15) is 32.3 Å². The Hall–Kier alpha value is -3.56. The van der Waals surface area contributed by atoms with Gasteiger partial charge in [0.05, 0.1) is 27.4 Å². The molecule has 0 radical (unpaired) electrons. The number of esters is 2. The van der Waals surface area contributed by atoms with Crippen LogP contribution in [0.2, 0.25) is 0 Å². The average molecular weight is 549 g/mol. The Balaban J connectivity index is 1.66. The summed E-state index contributed by atoms with van der Waals surface area (Å²) in [4.78, 5) is 28.6. The van der Waals surface area contributed by atoms with Crippen LogP contribution in [0.3, 0.4) is 0 Å². The van der Waals surface area contributed by atoms with Gasteiger partial charge in [-0.3, -0.25) is 9.69 Å². The number of carbonyl (C=O) groups excluding carboxylic acids is 2. The highest BCUT2D eigenvalue weighted by Crippen LogP contribution is 2.66. The summed E-state index contributed by atoms with van der Waals surface area (Å²) < 4.78 is 22.7. The maximum atomic E-state index is 13.7. The zero-order valence-electron chi connectivity index (χ0n) is 23.5. The van der Waals surface area contributed by atoms with E-state index in [0.29, 0.717) is 24.3 Å². The van der Waals surface area contributed by atoms with Crippen molar-refractivity contribution in [3.05, 3.63) is 54.1 Å². The molecule has 4 aliphatic rings. The fraction of sp³-hybridized carbons (Fsp3) is 0.484. The van der Waals surface area contributed by atoms with Crippen molar-refractivity contribution >= 4 is 17.6 Å². The van der Waals surface area contributed by atoms with Crippen LogP contribution in [0.5, 0.6) is 11.5 Å². The molecular formula is C31H36N2O7. The Kier molecular flexibility index (Phi) is 6.16. The van der Waals surface area contributed by atoms with Crippen LogP contribution in [0, 0.1) is 5.41 Å². The largest absolute Gasteiger partial charge is 0.496 e. The van der Waals surface area contributed by atoms with Gasteiger partial charge >= 0.3 is 11.9 Å². The van der Waals surface area contributed by atoms with E-state index in [1.54, 1.807) is 14.2 Å². The number of benzene rings is 2. The molecular weight excluding hydrogens is 512 g/mol. The van der Waals surface area contributed by atoms with Crippen LogP contribution < -0.4 is 14.8 Å². The van der Waals surface area contributed by atoms with Crippen molar-refractivity contribution in [2.45, 2.75) is 55.9 Å². The first-order valence-electron chi connectivity index (χ1n) is 13.7. The number of nitrogens with one attached hydrogen (secondary N) is 1. The highest BCUT2D eigenvalue weighted by Gasteiger charge is 2.79. The van der Waals surface area contributed by atoms with Crippen LogP contribution in [0.4, 0.5) is 5.69 Å². The van der Waals surface area contributed by atoms with Gasteiger partial charge in [-0.25, -0.2) is 4.79 Å². The summed E-state index contributed by atoms with van der Waals surface area (Å²) in [5.74, 6) is -0.0538. The maximum absolute atomic E-state index is 13.7. The standard InChI is InChI=1S/C31H36N2O7/c1-6-29-12-9-14-33-15-13-30(26(29)33)21-16-20(19-10-7-8-11-23(19)37-3)24(38-4)17-22(21)32-25(30)31(36,28(35)39-5)27(29)40-18(2)34/h7-12,16-17,25-27,32,36H,6,13-15H2,1-5H3/t25?,26-,27+,29+,30-,31-/m0/s1. The van der Waals surface area contributed by atoms with Crippen LogP contribution >= 0.6 is 0 Å². The Morgan fingerprint density at radius 3 is 2.52 bits per heavy atom. The van der Waals surface area contributed by atoms with Gasteiger partial charge in [-0.05, 0) is 37.1 Å². The summed E-state index contributed by atoms with van der Waals surface area (Å²) in [5, 5.41) is 16.1. The Labute approximate surface area is 234 Å². The van der Waals surface area contributed by atoms with Crippen molar-refractivity contribution in [2.75, 3.05) is 39.7 Å². The maximum Gasteiger partial charge on any atom is 0.344 e. The lowest BCUT2D eigenvalue weighted by molar-refractivity contribution is -0.226. The zero-order chi connectivity index (χ0) is 28.4. The molecule has 3 aliphatic heterocycles. The SMILES string of the molecule is CC[C@]12C=CCN3CC[C@@]4(c5cc(-c6ccccc6OC)c(OC)cc5NC4[C@@](O)(C(=O)OC)[C@@H]1OC(C)=O)[C@@H]32. The van der Waals surface area contributed by atoms with Crippen molar-refractivity contribution < 1.29 is 33.6 Å². The van der Waals surface area contributed by atoms with Gasteiger partial charge in [0, 0.05) is 53.2 Å². The minimum atomic E-state index is -2.17. The van der Waals surface area contributed by atoms with Gasteiger partial charge in [0.2, 0.25) is 5.60 Å². The number of fused-ring (bicyclic) bond motifs is 1. The topological polar surface area (TPSA) is 107 Å². The number of para-hydroxylation sites is 1. The predicted octanol–water partition coefficient (Wildman–Crippen LogP) is 3.29. The molecule has 212 valence electrons. The lowest BCUT2D eigenvalue weighted by Gasteiger charge is -2.62. The van der Waals surface area contributed by atoms with E-state index in [1.807, 2.05) is 37.3 Å². The molecule has 0 aromatic heterocycles. The quantitative estimate of drug-likeness (QED) is 0.415. The normalized spacial score (nSPS) is 33.3. The molecule has 1 aliphatic carbocycles. The van der Waals surface area contributed by atoms with Gasteiger partial charge in [0.15, 0.2) is 6.10 Å². The predicted molar refractivity (Wildman–Crippen MR) is 148 cm³/mol. The number of rotatable bonds is 6. The van der Waals surface area contributed by atoms with E-state index in [1.165, 1.54) is 14.0 Å². The smallest absolute Gasteiger partial charge is 0.344 e. The molecule has 2 N–H and O–H groups in total. The summed E-state index contributed by atoms with van der Waals surface area (Å²) in [5.41, 5.74) is -0.211. The highest BCUT2D eigenvalue weighted by molar-refractivity contribution is 5.88. The van der Waals surface area contributed by atoms with E-state index in [9.17, 15) is 14.7 Å². The first kappa shape index (κ1) is 26.7. The van der Waals surface area contributed by atoms with E-state index < -0.39 is 40.5 Å². The fourth-order valence-corrected chi connectivity index (χ4v) is 8.33. The van der Waals surface area contributed by atoms with Gasteiger partial charge in [0.1, 0.15) is 11.5 Å². The Morgan fingerprint density at radius 1 is 1.10 bits per heavy atom. The lowest BCUT2D eigenvalue weighted by Crippen LogP contribution is -2.80. The third kappa shape index (κ3) is 3.22. The molecule has 1 saturated carbocycles. The van der Waals surface area contributed by atoms with E-state index >= 15 is 0 Å². The Morgan fingerprint density at radius 2 is 1.85 bits per heavy atom. The second-order valence-corrected chi connectivity index (χ2v) is 11.2. The molecule has 1 unspecified atom stereocenters. The van der Waals surface area contributed by atoms with Crippen molar-refractivity contribution in [3.8, 4) is 22.6 Å². The summed E-state index contributed by atoms with van der Waals surface area (Å²) in [6.45, 7) is 4.82. The van der Waals surface area contributed by atoms with Crippen LogP contribution in [0.15, 0.2) is 48.6 Å². The van der Waals surface area contributed by atoms with Crippen LogP contribution in [0.25, 0.3) is 11.1 Å². The van der Waals surface area contributed by atoms with Gasteiger partial charge in [-0.15, -0.1) is 0 Å². The van der Waals surface area contributed by atoms with Crippen LogP contribution in [-0.4, -0.2) is 80.2 Å². The van der Waals surface area contributed by atoms with Crippen molar-refractivity contribution in [3.63, 3.8) is 0 Å². The van der Waals surface area contributed by atoms with E-state index in [4.69, 9.17) is 18.9 Å². The molecule has 0 amide bonds. The van der Waals surface area contributed by atoms with E-state index in [2.05, 4.69) is 28.4 Å². The summed E-state index contributed by atoms with van der Waals surface area (Å²) in [6.07, 6.45) is 4.19. The number of ether oxygens (including phenoxy) is 4. The number of nitrogens with zero attached hydrogens (tertiary/aromatic N) is 1. The number of hydrogen-bond donors (Lipinski definition) is 2. The number of carbonyl (C=O) groups is 2. The van der Waals surface area contributed by atoms with Gasteiger partial charge in [0.25, 0.3) is 0 Å². The fourth-order valence-electron chi connectivity index (χ4n) is 8.33. The molecule has 2 aromatic rings. The Bertz CT molecular complexity index is 1410. The second-order valence-electron chi connectivity index (χ2n) is 11.2. The molecule has 9 nitrogen and oxygen atoms in total. The second kappa shape index (κ2) is 9.24. The number of anilines is 1. The third-order valence-corrected chi connectivity index (χ3v) is 9.73. The van der Waals surface area contributed by atoms with Gasteiger partial charge < -0.3 is 29.4 Å². The van der Waals surface area contributed by atoms with Gasteiger partial charge in [-0.2, -0.15) is 0 Å². The van der Waals surface area contributed by atoms with E-state index in [0.717, 1.165) is 35.5 Å². The molecule has 3 heterocycles. The summed E-state index contributed by atoms with van der Waals surface area (Å²) in [7, 11) is 4.51. The molecule has 6 rings (SSSR count). The number of aliphatic hydroxyl groups is 1. The molecule has 0 bridgehead atoms. The molecule has 2 fully saturated rings. The highest BCUT2D eigenvalue weighted by atomic mass is 16.6. The molecule has 40 heavy (non-hydrogen) atoms. The minimum absolute atomic E-state index is 0.151. The van der Waals surface area contributed by atoms with Crippen molar-refractivity contribution in [1.82, 2.24) is 4.90 Å². The van der Waals surface area contributed by atoms with Crippen LogP contribution in [-0.2, 0) is 24.5 Å². The summed E-state index contributed by atoms with van der Waals surface area (Å²) >= 11 is 0. The molecule has 2 aromatic carbocycles. The molecule has 1 spiro atoms. The van der Waals surface area contributed by atoms with Crippen molar-refractivity contribution in [1.29, 1.82) is 0 Å². The first-order valence-corrected chi connectivity index (χ1v) is 13.7. The minimum Gasteiger partial charge on any atom is -0.496 e. The first-order chi connectivity index (χ1) is 19.2. The van der Waals surface area contributed by atoms with Gasteiger partial charge in [-0.1, -0.05) is 37.3 Å². The van der Waals surface area contributed by atoms with Crippen molar-refractivity contribution in [2.24, 2.45) is 5.41 Å². The third-order valence-electron chi connectivity index (χ3n) is 9.73. The number of hydrogen-bond acceptors (Lipinski definition) is 9. The lowest BCUT2D eigenvalue weighted by atomic mass is 9.48. The zero-order valence-corrected chi connectivity index (χ0v) is 23.5. The summed E-state index contributed by atoms with van der Waals surface area (Å²) in [6, 6.07) is 10.9. The molecule has 1 saturated heterocycles. The monoisotopic (exact) mass is 548 g/mol. The molecule has 6 atom stereocenters. The number of methoxy groups -OCH3 is 3. The van der Waals surface area contributed by atoms with E-state index in [-0.39, 0.29) is 6.04 Å². The molecule has 9 heteroatoms.